The predicted octanol–water partition coefficient (Wildman–Crippen LogP) is 5.48. The molecule has 2 aromatic carbocycles. The van der Waals surface area contributed by atoms with Gasteiger partial charge in [0, 0.05) is 11.3 Å². The van der Waals surface area contributed by atoms with Gasteiger partial charge in [0.2, 0.25) is 0 Å². The molecule has 0 amide bonds. The molecule has 0 saturated carbocycles. The number of nitrogens with one attached hydrogen (secondary N) is 2. The van der Waals surface area contributed by atoms with Crippen molar-refractivity contribution in [1.82, 2.24) is 5.32 Å². The average Bonchev–Trinajstić information content (AvgIpc) is 3.18. The van der Waals surface area contributed by atoms with Gasteiger partial charge in [-0.1, -0.05) is 62.2 Å². The fraction of sp³-hybridized carbons (Fsp3) is 0.409. The van der Waals surface area contributed by atoms with Crippen molar-refractivity contribution in [1.29, 1.82) is 0 Å². The number of alkyl halides is 3. The molecular weight excluding hydrogens is 363 g/mol. The van der Waals surface area contributed by atoms with Gasteiger partial charge in [-0.2, -0.15) is 13.2 Å². The number of amidine groups is 1. The molecule has 0 aliphatic carbocycles. The minimum Gasteiger partial charge on any atom is -0.378 e. The Bertz CT molecular complexity index is 810. The first-order valence-electron chi connectivity index (χ1n) is 9.59. The van der Waals surface area contributed by atoms with Gasteiger partial charge in [0.1, 0.15) is 11.9 Å². The number of hydrogen-bond donors (Lipinski definition) is 2. The first kappa shape index (κ1) is 20.2. The molecule has 3 atom stereocenters. The van der Waals surface area contributed by atoms with Crippen molar-refractivity contribution in [3.63, 3.8) is 0 Å². The van der Waals surface area contributed by atoms with Crippen molar-refractivity contribution >= 4 is 11.5 Å². The molecule has 3 rings (SSSR count). The minimum absolute atomic E-state index is 0.114. The maximum Gasteiger partial charge on any atom is 0.410 e. The van der Waals surface area contributed by atoms with Crippen LogP contribution in [0.1, 0.15) is 43.0 Å². The Morgan fingerprint density at radius 1 is 1.11 bits per heavy atom. The molecule has 1 aliphatic heterocycles. The van der Waals surface area contributed by atoms with Gasteiger partial charge in [0.05, 0.1) is 12.6 Å². The third-order valence-electron chi connectivity index (χ3n) is 5.27. The Kier molecular flexibility index (Phi) is 5.96. The van der Waals surface area contributed by atoms with Gasteiger partial charge in [-0.15, -0.1) is 0 Å². The number of rotatable bonds is 6. The summed E-state index contributed by atoms with van der Waals surface area (Å²) in [5.74, 6) is 0.698. The van der Waals surface area contributed by atoms with Crippen molar-refractivity contribution in [2.75, 3.05) is 11.9 Å². The number of anilines is 1. The highest BCUT2D eigenvalue weighted by atomic mass is 19.4. The molecule has 6 heteroatoms. The molecule has 2 N–H and O–H groups in total. The van der Waals surface area contributed by atoms with Gasteiger partial charge in [-0.3, -0.25) is 4.99 Å². The van der Waals surface area contributed by atoms with E-state index in [2.05, 4.69) is 60.7 Å². The van der Waals surface area contributed by atoms with Crippen molar-refractivity contribution < 1.29 is 13.2 Å². The molecular formula is C22H26F3N3. The molecule has 0 aromatic heterocycles. The Hall–Kier alpha value is -2.50. The lowest BCUT2D eigenvalue weighted by molar-refractivity contribution is -0.147. The highest BCUT2D eigenvalue weighted by Crippen LogP contribution is 2.30. The molecule has 2 aromatic rings. The molecule has 150 valence electrons. The van der Waals surface area contributed by atoms with Crippen LogP contribution < -0.4 is 10.6 Å². The van der Waals surface area contributed by atoms with Crippen LogP contribution in [0.15, 0.2) is 53.5 Å². The fourth-order valence-electron chi connectivity index (χ4n) is 3.27. The van der Waals surface area contributed by atoms with Gasteiger partial charge in [0.15, 0.2) is 0 Å². The van der Waals surface area contributed by atoms with E-state index in [1.807, 2.05) is 24.3 Å². The molecule has 28 heavy (non-hydrogen) atoms. The molecule has 1 aliphatic rings. The monoisotopic (exact) mass is 389 g/mol. The molecule has 0 spiro atoms. The summed E-state index contributed by atoms with van der Waals surface area (Å²) in [5.41, 5.74) is 4.03. The largest absolute Gasteiger partial charge is 0.410 e. The number of benzene rings is 2. The van der Waals surface area contributed by atoms with Crippen LogP contribution in [-0.4, -0.2) is 24.6 Å². The lowest BCUT2D eigenvalue weighted by Gasteiger charge is -2.26. The van der Waals surface area contributed by atoms with Crippen molar-refractivity contribution in [2.24, 2.45) is 10.9 Å². The maximum atomic E-state index is 12.8. The molecule has 0 fully saturated rings. The number of hydrogen-bond acceptors (Lipinski definition) is 3. The predicted molar refractivity (Wildman–Crippen MR) is 108 cm³/mol. The normalized spacial score (nSPS) is 18.9. The highest BCUT2D eigenvalue weighted by Gasteiger charge is 2.42. The van der Waals surface area contributed by atoms with Gasteiger partial charge >= 0.3 is 6.18 Å². The van der Waals surface area contributed by atoms with Crippen molar-refractivity contribution in [3.8, 4) is 0 Å². The average molecular weight is 389 g/mol. The summed E-state index contributed by atoms with van der Waals surface area (Å²) in [7, 11) is 0. The minimum atomic E-state index is -4.29. The van der Waals surface area contributed by atoms with E-state index in [0.717, 1.165) is 17.7 Å². The third kappa shape index (κ3) is 4.66. The second kappa shape index (κ2) is 8.25. The highest BCUT2D eigenvalue weighted by molar-refractivity contribution is 6.00. The molecule has 1 heterocycles. The summed E-state index contributed by atoms with van der Waals surface area (Å²) >= 11 is 0. The lowest BCUT2D eigenvalue weighted by atomic mass is 9.91. The van der Waals surface area contributed by atoms with Crippen LogP contribution in [-0.2, 0) is 0 Å². The number of halogens is 3. The maximum absolute atomic E-state index is 12.8. The van der Waals surface area contributed by atoms with Crippen LogP contribution >= 0.6 is 0 Å². The summed E-state index contributed by atoms with van der Waals surface area (Å²) in [5, 5.41) is 6.08. The molecule has 0 radical (unpaired) electrons. The van der Waals surface area contributed by atoms with Gasteiger partial charge in [-0.25, -0.2) is 0 Å². The summed E-state index contributed by atoms with van der Waals surface area (Å²) in [6, 6.07) is 14.4. The second-order valence-corrected chi connectivity index (χ2v) is 7.42. The van der Waals surface area contributed by atoms with E-state index in [4.69, 9.17) is 0 Å². The Morgan fingerprint density at radius 3 is 2.29 bits per heavy atom. The van der Waals surface area contributed by atoms with E-state index in [1.165, 1.54) is 5.56 Å². The fourth-order valence-corrected chi connectivity index (χ4v) is 3.27. The van der Waals surface area contributed by atoms with E-state index in [1.54, 1.807) is 0 Å². The van der Waals surface area contributed by atoms with E-state index >= 15 is 0 Å². The van der Waals surface area contributed by atoms with E-state index in [9.17, 15) is 13.2 Å². The Morgan fingerprint density at radius 2 is 1.75 bits per heavy atom. The van der Waals surface area contributed by atoms with E-state index in [0.29, 0.717) is 17.3 Å². The molecule has 0 saturated heterocycles. The number of aryl methyl sites for hydroxylation is 1. The van der Waals surface area contributed by atoms with E-state index < -0.39 is 12.2 Å². The van der Waals surface area contributed by atoms with Crippen molar-refractivity contribution in [2.45, 2.75) is 45.5 Å². The van der Waals surface area contributed by atoms with E-state index in [-0.39, 0.29) is 12.6 Å². The SMILES string of the molecule is CCC(C)C(Nc1ccc(C)cc1)c1ccc(C2=NCC(C(F)(F)F)N2)cc1. The zero-order chi connectivity index (χ0) is 20.3. The van der Waals surface area contributed by atoms with Gasteiger partial charge in [-0.05, 0) is 30.5 Å². The van der Waals surface area contributed by atoms with Crippen molar-refractivity contribution in [3.05, 3.63) is 65.2 Å². The van der Waals surface area contributed by atoms with Crippen LogP contribution in [0.4, 0.5) is 18.9 Å². The van der Waals surface area contributed by atoms with Crippen LogP contribution in [0.25, 0.3) is 0 Å². The summed E-state index contributed by atoms with van der Waals surface area (Å²) in [6.07, 6.45) is -3.28. The molecule has 3 nitrogen and oxygen atoms in total. The van der Waals surface area contributed by atoms with Crippen LogP contribution in [0.2, 0.25) is 0 Å². The zero-order valence-electron chi connectivity index (χ0n) is 16.3. The Balaban J connectivity index is 1.76. The zero-order valence-corrected chi connectivity index (χ0v) is 16.3. The van der Waals surface area contributed by atoms with Gasteiger partial charge in [0.25, 0.3) is 0 Å². The first-order valence-corrected chi connectivity index (χ1v) is 9.59. The summed E-state index contributed by atoms with van der Waals surface area (Å²) < 4.78 is 38.5. The van der Waals surface area contributed by atoms with Crippen LogP contribution in [0, 0.1) is 12.8 Å². The quantitative estimate of drug-likeness (QED) is 0.687. The lowest BCUT2D eigenvalue weighted by Crippen LogP contribution is -2.42. The third-order valence-corrected chi connectivity index (χ3v) is 5.27. The molecule has 3 unspecified atom stereocenters. The topological polar surface area (TPSA) is 36.4 Å². The smallest absolute Gasteiger partial charge is 0.378 e. The summed E-state index contributed by atoms with van der Waals surface area (Å²) in [6.45, 7) is 6.12. The second-order valence-electron chi connectivity index (χ2n) is 7.42. The van der Waals surface area contributed by atoms with Gasteiger partial charge < -0.3 is 10.6 Å². The number of nitrogens with zero attached hydrogens (tertiary/aromatic N) is 1. The first-order chi connectivity index (χ1) is 13.3. The van der Waals surface area contributed by atoms with Crippen LogP contribution in [0.5, 0.6) is 0 Å². The Labute approximate surface area is 164 Å². The number of aliphatic imine (C=N–C) groups is 1. The summed E-state index contributed by atoms with van der Waals surface area (Å²) in [4.78, 5) is 4.03. The standard InChI is InChI=1S/C22H26F3N3/c1-4-15(3)20(27-18-11-5-14(2)6-12-18)16-7-9-17(10-8-16)21-26-13-19(28-21)22(23,24)25/h5-12,15,19-20,27H,4,13H2,1-3H3,(H,26,28). The van der Waals surface area contributed by atoms with Crippen LogP contribution in [0.3, 0.4) is 0 Å². The molecule has 0 bridgehead atoms.